The van der Waals surface area contributed by atoms with Gasteiger partial charge in [0.2, 0.25) is 5.91 Å². The van der Waals surface area contributed by atoms with Crippen LogP contribution in [0.3, 0.4) is 0 Å². The molecule has 0 saturated heterocycles. The van der Waals surface area contributed by atoms with E-state index in [4.69, 9.17) is 16.4 Å². The monoisotopic (exact) mass is 215 g/mol. The van der Waals surface area contributed by atoms with Gasteiger partial charge in [-0.2, -0.15) is 0 Å². The molecule has 0 aliphatic heterocycles. The second-order valence-electron chi connectivity index (χ2n) is 2.81. The average molecular weight is 215 g/mol. The summed E-state index contributed by atoms with van der Waals surface area (Å²) in [5.74, 6) is -1.47. The van der Waals surface area contributed by atoms with Crippen LogP contribution in [0.5, 0.6) is 0 Å². The number of azide groups is 1. The molecule has 15 heavy (non-hydrogen) atoms. The van der Waals surface area contributed by atoms with Gasteiger partial charge in [0.05, 0.1) is 0 Å². The maximum absolute atomic E-state index is 11.0. The molecule has 8 nitrogen and oxygen atoms in total. The normalized spacial score (nSPS) is 11.3. The topological polar surface area (TPSA) is 141 Å². The summed E-state index contributed by atoms with van der Waals surface area (Å²) < 4.78 is 0. The molecule has 1 amide bonds. The predicted molar refractivity (Wildman–Crippen MR) is 51.9 cm³/mol. The number of carboxylic acids is 1. The number of nitrogens with two attached hydrogens (primary N) is 1. The fourth-order valence-corrected chi connectivity index (χ4v) is 0.755. The van der Waals surface area contributed by atoms with E-state index in [9.17, 15) is 9.59 Å². The van der Waals surface area contributed by atoms with Gasteiger partial charge >= 0.3 is 5.97 Å². The lowest BCUT2D eigenvalue weighted by Crippen LogP contribution is -2.42. The number of hydrogen-bond donors (Lipinski definition) is 3. The lowest BCUT2D eigenvalue weighted by molar-refractivity contribution is -0.138. The third kappa shape index (κ3) is 7.29. The van der Waals surface area contributed by atoms with Gasteiger partial charge in [-0.05, 0) is 12.0 Å². The Morgan fingerprint density at radius 3 is 2.80 bits per heavy atom. The first kappa shape index (κ1) is 13.2. The van der Waals surface area contributed by atoms with Crippen molar-refractivity contribution in [3.05, 3.63) is 10.4 Å². The number of nitrogens with zero attached hydrogens (tertiary/aromatic N) is 3. The number of hydrogen-bond acceptors (Lipinski definition) is 4. The molecule has 0 fully saturated rings. The van der Waals surface area contributed by atoms with Crippen LogP contribution >= 0.6 is 0 Å². The van der Waals surface area contributed by atoms with Gasteiger partial charge in [-0.1, -0.05) is 5.11 Å². The van der Waals surface area contributed by atoms with Gasteiger partial charge in [0.15, 0.2) is 0 Å². The molecule has 0 radical (unpaired) electrons. The summed E-state index contributed by atoms with van der Waals surface area (Å²) in [4.78, 5) is 23.8. The van der Waals surface area contributed by atoms with Crippen molar-refractivity contribution in [2.45, 2.75) is 18.9 Å². The van der Waals surface area contributed by atoms with Crippen LogP contribution < -0.4 is 11.1 Å². The van der Waals surface area contributed by atoms with Crippen molar-refractivity contribution in [3.8, 4) is 0 Å². The van der Waals surface area contributed by atoms with Gasteiger partial charge < -0.3 is 16.2 Å². The summed E-state index contributed by atoms with van der Waals surface area (Å²) in [6.07, 6.45) is 0.615. The number of aliphatic carboxylic acids is 1. The molecule has 8 heteroatoms. The number of amides is 1. The fraction of sp³-hybridized carbons (Fsp3) is 0.714. The standard InChI is InChI=1S/C7H13N5O3/c8-5(7(14)15)4-10-6(13)2-1-3-11-12-9/h5H,1-4,8H2,(H,10,13)(H,14,15)/t5-/m0/s1. The predicted octanol–water partition coefficient (Wildman–Crippen LogP) is -0.395. The molecular formula is C7H13N5O3. The minimum absolute atomic E-state index is 0.102. The molecule has 0 heterocycles. The summed E-state index contributed by atoms with van der Waals surface area (Å²) in [5.41, 5.74) is 13.1. The molecule has 0 saturated carbocycles. The number of nitrogens with one attached hydrogen (secondary N) is 1. The average Bonchev–Trinajstić information content (AvgIpc) is 2.20. The molecule has 0 aromatic carbocycles. The zero-order chi connectivity index (χ0) is 11.7. The molecule has 0 aromatic heterocycles. The summed E-state index contributed by atoms with van der Waals surface area (Å²) >= 11 is 0. The maximum Gasteiger partial charge on any atom is 0.322 e. The van der Waals surface area contributed by atoms with Crippen molar-refractivity contribution in [1.29, 1.82) is 0 Å². The molecule has 0 unspecified atom stereocenters. The number of carbonyl (C=O) groups is 2. The van der Waals surface area contributed by atoms with Gasteiger partial charge in [0.25, 0.3) is 0 Å². The maximum atomic E-state index is 11.0. The first-order valence-corrected chi connectivity index (χ1v) is 4.34. The summed E-state index contributed by atoms with van der Waals surface area (Å²) in [6, 6.07) is -1.09. The van der Waals surface area contributed by atoms with Crippen LogP contribution in [0.15, 0.2) is 5.11 Å². The second-order valence-corrected chi connectivity index (χ2v) is 2.81. The van der Waals surface area contributed by atoms with Crippen molar-refractivity contribution < 1.29 is 14.7 Å². The number of carbonyl (C=O) groups excluding carboxylic acids is 1. The van der Waals surface area contributed by atoms with E-state index in [-0.39, 0.29) is 25.4 Å². The first-order valence-electron chi connectivity index (χ1n) is 4.34. The van der Waals surface area contributed by atoms with E-state index in [1.54, 1.807) is 0 Å². The second kappa shape index (κ2) is 7.60. The van der Waals surface area contributed by atoms with E-state index in [2.05, 4.69) is 15.3 Å². The smallest absolute Gasteiger partial charge is 0.322 e. The highest BCUT2D eigenvalue weighted by Crippen LogP contribution is 1.90. The largest absolute Gasteiger partial charge is 0.480 e. The van der Waals surface area contributed by atoms with E-state index in [0.29, 0.717) is 6.42 Å². The Morgan fingerprint density at radius 2 is 2.27 bits per heavy atom. The quantitative estimate of drug-likeness (QED) is 0.230. The van der Waals surface area contributed by atoms with Crippen LogP contribution in [0.1, 0.15) is 12.8 Å². The summed E-state index contributed by atoms with van der Waals surface area (Å²) in [5, 5.41) is 14.0. The van der Waals surface area contributed by atoms with E-state index < -0.39 is 12.0 Å². The minimum atomic E-state index is -1.16. The third-order valence-electron chi connectivity index (χ3n) is 1.56. The molecule has 0 aliphatic rings. The zero-order valence-corrected chi connectivity index (χ0v) is 8.09. The Kier molecular flexibility index (Phi) is 6.69. The van der Waals surface area contributed by atoms with E-state index >= 15 is 0 Å². The van der Waals surface area contributed by atoms with Crippen molar-refractivity contribution in [3.63, 3.8) is 0 Å². The van der Waals surface area contributed by atoms with Gasteiger partial charge in [-0.25, -0.2) is 0 Å². The lowest BCUT2D eigenvalue weighted by atomic mass is 10.2. The van der Waals surface area contributed by atoms with Gasteiger partial charge in [-0.3, -0.25) is 9.59 Å². The highest BCUT2D eigenvalue weighted by molar-refractivity contribution is 5.78. The Bertz CT molecular complexity index is 274. The highest BCUT2D eigenvalue weighted by atomic mass is 16.4. The molecule has 0 spiro atoms. The fourth-order valence-electron chi connectivity index (χ4n) is 0.755. The molecule has 4 N–H and O–H groups in total. The molecule has 0 bridgehead atoms. The minimum Gasteiger partial charge on any atom is -0.480 e. The van der Waals surface area contributed by atoms with Crippen molar-refractivity contribution in [2.75, 3.05) is 13.1 Å². The van der Waals surface area contributed by atoms with E-state index in [1.165, 1.54) is 0 Å². The van der Waals surface area contributed by atoms with Gasteiger partial charge in [-0.15, -0.1) is 0 Å². The van der Waals surface area contributed by atoms with Crippen LogP contribution in [0.25, 0.3) is 10.4 Å². The van der Waals surface area contributed by atoms with Gasteiger partial charge in [0.1, 0.15) is 6.04 Å². The molecule has 1 atom stereocenters. The highest BCUT2D eigenvalue weighted by Gasteiger charge is 2.11. The number of carboxylic acid groups (broad SMARTS) is 1. The van der Waals surface area contributed by atoms with Crippen LogP contribution in [-0.2, 0) is 9.59 Å². The molecule has 84 valence electrons. The molecule has 0 aromatic rings. The Balaban J connectivity index is 3.57. The lowest BCUT2D eigenvalue weighted by Gasteiger charge is -2.07. The zero-order valence-electron chi connectivity index (χ0n) is 8.09. The van der Waals surface area contributed by atoms with Crippen LogP contribution in [0.2, 0.25) is 0 Å². The van der Waals surface area contributed by atoms with Crippen LogP contribution in [0.4, 0.5) is 0 Å². The Hall–Kier alpha value is -1.79. The first-order chi connectivity index (χ1) is 7.07. The van der Waals surface area contributed by atoms with Crippen LogP contribution in [0, 0.1) is 0 Å². The number of rotatable bonds is 7. The van der Waals surface area contributed by atoms with E-state index in [1.807, 2.05) is 0 Å². The van der Waals surface area contributed by atoms with Crippen molar-refractivity contribution >= 4 is 11.9 Å². The van der Waals surface area contributed by atoms with Crippen LogP contribution in [-0.4, -0.2) is 36.1 Å². The van der Waals surface area contributed by atoms with Gasteiger partial charge in [0, 0.05) is 24.4 Å². The van der Waals surface area contributed by atoms with Crippen molar-refractivity contribution in [2.24, 2.45) is 10.8 Å². The van der Waals surface area contributed by atoms with Crippen molar-refractivity contribution in [1.82, 2.24) is 5.32 Å². The SMILES string of the molecule is [N-]=[N+]=NCCCC(=O)NC[C@H](N)C(=O)O. The molecular weight excluding hydrogens is 202 g/mol. The Morgan fingerprint density at radius 1 is 1.60 bits per heavy atom. The Labute approximate surface area is 86.1 Å². The third-order valence-corrected chi connectivity index (χ3v) is 1.56. The summed E-state index contributed by atoms with van der Waals surface area (Å²) in [6.45, 7) is 0.143. The summed E-state index contributed by atoms with van der Waals surface area (Å²) in [7, 11) is 0. The molecule has 0 aliphatic carbocycles. The molecule has 0 rings (SSSR count). The van der Waals surface area contributed by atoms with E-state index in [0.717, 1.165) is 0 Å².